The third kappa shape index (κ3) is 3.60. The minimum atomic E-state index is -0.842. The van der Waals surface area contributed by atoms with Gasteiger partial charge in [-0.05, 0) is 116 Å². The summed E-state index contributed by atoms with van der Waals surface area (Å²) in [6, 6.07) is 21.3. The topological polar surface area (TPSA) is 102 Å². The standard InChI is InChI=1S/C45H35N6O/c1-49-33(22-46)38-39(36-31-20-23-8-2-4-10-25(23)27-14-18-50-16-6-12-29(41(36)47)43(50)34(27)31)45(52)40(38)37-32-21-24-9-3-5-11-26(24)28-15-19-51-17-7-13-30(42(37)48)44(51)35(28)32/h2-5,8-11,20-21,39H,6-7,12-19,47-48H2/q-1. The molecule has 6 aromatic rings. The van der Waals surface area contributed by atoms with Crippen LogP contribution in [0.25, 0.3) is 58.9 Å². The molecular formula is C45H35N6O-. The molecule has 6 aromatic carbocycles. The van der Waals surface area contributed by atoms with Gasteiger partial charge in [-0.3, -0.25) is 10.7 Å². The van der Waals surface area contributed by atoms with E-state index in [0.29, 0.717) is 28.1 Å². The van der Waals surface area contributed by atoms with Crippen LogP contribution in [0.15, 0.2) is 71.9 Å². The molecule has 0 bridgehead atoms. The fourth-order valence-corrected chi connectivity index (χ4v) is 10.7. The molecule has 0 saturated heterocycles. The molecule has 7 nitrogen and oxygen atoms in total. The van der Waals surface area contributed by atoms with Gasteiger partial charge >= 0.3 is 0 Å². The molecular weight excluding hydrogens is 641 g/mol. The molecule has 5 aliphatic rings. The molecule has 1 unspecified atom stereocenters. The zero-order valence-electron chi connectivity index (χ0n) is 28.8. The summed E-state index contributed by atoms with van der Waals surface area (Å²) in [6.07, 6.45) is 5.42. The van der Waals surface area contributed by atoms with Crippen LogP contribution in [0.1, 0.15) is 52.1 Å². The zero-order valence-corrected chi connectivity index (χ0v) is 28.8. The first-order valence-electron chi connectivity index (χ1n) is 18.5. The van der Waals surface area contributed by atoms with Gasteiger partial charge in [0.1, 0.15) is 0 Å². The molecule has 0 amide bonds. The number of rotatable bonds is 3. The quantitative estimate of drug-likeness (QED) is 0.0852. The third-order valence-electron chi connectivity index (χ3n) is 12.8. The molecule has 0 saturated carbocycles. The molecule has 4 aliphatic heterocycles. The maximum Gasteiger partial charge on any atom is 0.210 e. The van der Waals surface area contributed by atoms with Crippen molar-refractivity contribution in [1.82, 2.24) is 0 Å². The number of nitrogen functional groups attached to an aromatic ring is 2. The van der Waals surface area contributed by atoms with E-state index < -0.39 is 5.92 Å². The van der Waals surface area contributed by atoms with Gasteiger partial charge in [-0.2, -0.15) is 0 Å². The van der Waals surface area contributed by atoms with E-state index in [4.69, 9.17) is 18.0 Å². The lowest BCUT2D eigenvalue weighted by molar-refractivity contribution is -0.115. The van der Waals surface area contributed by atoms with Gasteiger partial charge in [0, 0.05) is 59.5 Å². The first-order valence-corrected chi connectivity index (χ1v) is 18.5. The molecule has 7 heteroatoms. The number of nitrogens with zero attached hydrogens (tertiary/aromatic N) is 4. The summed E-state index contributed by atoms with van der Waals surface area (Å²) in [5.41, 5.74) is 25.1. The molecule has 0 fully saturated rings. The van der Waals surface area contributed by atoms with Crippen LogP contribution in [0, 0.1) is 6.57 Å². The highest BCUT2D eigenvalue weighted by atomic mass is 16.1. The van der Waals surface area contributed by atoms with Gasteiger partial charge in [0.25, 0.3) is 0 Å². The summed E-state index contributed by atoms with van der Waals surface area (Å²) in [7, 11) is 0. The fourth-order valence-electron chi connectivity index (χ4n) is 10.7. The van der Waals surface area contributed by atoms with E-state index in [1.807, 2.05) is 12.1 Å². The molecule has 4 heterocycles. The van der Waals surface area contributed by atoms with Crippen molar-refractivity contribution in [2.75, 3.05) is 47.4 Å². The Kier molecular flexibility index (Phi) is 5.97. The van der Waals surface area contributed by atoms with Crippen LogP contribution in [0.3, 0.4) is 0 Å². The Morgan fingerprint density at radius 2 is 1.29 bits per heavy atom. The number of carbonyl (C=O) groups is 1. The van der Waals surface area contributed by atoms with Crippen LogP contribution in [-0.4, -0.2) is 37.8 Å². The van der Waals surface area contributed by atoms with Crippen molar-refractivity contribution in [2.45, 2.75) is 44.4 Å². The molecule has 1 atom stereocenters. The molecule has 11 rings (SSSR count). The summed E-state index contributed by atoms with van der Waals surface area (Å²) in [4.78, 5) is 24.0. The average Bonchev–Trinajstić information content (AvgIpc) is 3.19. The van der Waals surface area contributed by atoms with E-state index in [1.54, 1.807) is 0 Å². The Morgan fingerprint density at radius 1 is 0.731 bits per heavy atom. The summed E-state index contributed by atoms with van der Waals surface area (Å²) in [5, 5.41) is 19.4. The molecule has 4 N–H and O–H groups in total. The van der Waals surface area contributed by atoms with Crippen LogP contribution in [0.5, 0.6) is 0 Å². The maximum absolute atomic E-state index is 15.3. The van der Waals surface area contributed by atoms with Crippen molar-refractivity contribution in [2.24, 2.45) is 0 Å². The van der Waals surface area contributed by atoms with E-state index in [1.165, 1.54) is 38.7 Å². The second-order valence-electron chi connectivity index (χ2n) is 15.1. The number of benzene rings is 6. The molecule has 1 aliphatic carbocycles. The number of ketones is 1. The molecule has 0 aromatic heterocycles. The summed E-state index contributed by atoms with van der Waals surface area (Å²) in [5.74, 6) is 1.24. The van der Waals surface area contributed by atoms with E-state index in [2.05, 4.69) is 69.0 Å². The van der Waals surface area contributed by atoms with Gasteiger partial charge in [0.05, 0.1) is 23.9 Å². The summed E-state index contributed by atoms with van der Waals surface area (Å²) in [6.45, 7) is 12.1. The highest BCUT2D eigenvalue weighted by molar-refractivity contribution is 6.39. The van der Waals surface area contributed by atoms with Crippen LogP contribution < -0.4 is 21.3 Å². The van der Waals surface area contributed by atoms with Gasteiger partial charge in [-0.25, -0.2) is 4.85 Å². The minimum Gasteiger partial charge on any atom is -0.775 e. The Morgan fingerprint density at radius 3 is 1.88 bits per heavy atom. The first-order chi connectivity index (χ1) is 25.5. The molecule has 52 heavy (non-hydrogen) atoms. The normalized spacial score (nSPS) is 18.6. The van der Waals surface area contributed by atoms with E-state index >= 15 is 4.79 Å². The summed E-state index contributed by atoms with van der Waals surface area (Å²) >= 11 is 0. The Bertz CT molecular complexity index is 2830. The minimum absolute atomic E-state index is 0.0698. The lowest BCUT2D eigenvalue weighted by atomic mass is 9.65. The first kappa shape index (κ1) is 29.6. The zero-order chi connectivity index (χ0) is 35.0. The van der Waals surface area contributed by atoms with Crippen molar-refractivity contribution in [3.8, 4) is 0 Å². The molecule has 0 radical (unpaired) electrons. The number of allylic oxidation sites excluding steroid dienone is 2. The van der Waals surface area contributed by atoms with Gasteiger partial charge in [0.2, 0.25) is 5.70 Å². The third-order valence-corrected chi connectivity index (χ3v) is 12.8. The average molecular weight is 676 g/mol. The van der Waals surface area contributed by atoms with Crippen LogP contribution >= 0.6 is 0 Å². The fraction of sp³-hybridized carbons (Fsp3) is 0.244. The van der Waals surface area contributed by atoms with Crippen LogP contribution in [0.2, 0.25) is 0 Å². The van der Waals surface area contributed by atoms with Gasteiger partial charge in [-0.1, -0.05) is 48.5 Å². The Hall–Kier alpha value is -6.09. The second-order valence-corrected chi connectivity index (χ2v) is 15.1. The van der Waals surface area contributed by atoms with Crippen molar-refractivity contribution in [3.05, 3.63) is 122 Å². The van der Waals surface area contributed by atoms with Crippen molar-refractivity contribution in [3.63, 3.8) is 0 Å². The number of anilines is 4. The Balaban J connectivity index is 1.27. The monoisotopic (exact) mass is 675 g/mol. The van der Waals surface area contributed by atoms with Crippen molar-refractivity contribution >= 4 is 83.1 Å². The van der Waals surface area contributed by atoms with Crippen molar-refractivity contribution in [1.29, 1.82) is 0 Å². The molecule has 0 spiro atoms. The molecule has 252 valence electrons. The number of hydrogen-bond donors (Lipinski definition) is 2. The van der Waals surface area contributed by atoms with Gasteiger partial charge in [-0.15, -0.1) is 0 Å². The number of nitrogens with two attached hydrogens (primary N) is 2. The smallest absolute Gasteiger partial charge is 0.210 e. The van der Waals surface area contributed by atoms with E-state index in [-0.39, 0.29) is 11.5 Å². The predicted molar refractivity (Wildman–Crippen MR) is 213 cm³/mol. The van der Waals surface area contributed by atoms with Gasteiger partial charge in [0.15, 0.2) is 5.78 Å². The van der Waals surface area contributed by atoms with E-state index in [0.717, 1.165) is 108 Å². The highest BCUT2D eigenvalue weighted by Crippen LogP contribution is 2.58. The van der Waals surface area contributed by atoms with Crippen LogP contribution in [0.4, 0.5) is 22.7 Å². The number of Topliss-reactive ketones (excluding diaryl/α,β-unsaturated/α-hetero) is 1. The second kappa shape index (κ2) is 10.5. The largest absolute Gasteiger partial charge is 0.775 e. The predicted octanol–water partition coefficient (Wildman–Crippen LogP) is 8.24. The SMILES string of the molecule is [C-]#[N+]C(=C=[N-])C1=C(c2c(N)c3c4c5c(c6ccccc6cc25)CCN4CCC3)C(=O)C1c1c(N)c2c3c4c(c5ccccc5cc14)CCN3CCC2. The lowest BCUT2D eigenvalue weighted by Crippen LogP contribution is -2.37. The van der Waals surface area contributed by atoms with Crippen LogP contribution in [-0.2, 0) is 30.5 Å². The van der Waals surface area contributed by atoms with Gasteiger partial charge < -0.3 is 26.7 Å². The van der Waals surface area contributed by atoms with Crippen molar-refractivity contribution < 1.29 is 4.79 Å². The highest BCUT2D eigenvalue weighted by Gasteiger charge is 2.47. The summed E-state index contributed by atoms with van der Waals surface area (Å²) < 4.78 is 0. The number of carbonyl (C=O) groups excluding carboxylic acids is 1. The lowest BCUT2D eigenvalue weighted by Gasteiger charge is -2.42. The maximum atomic E-state index is 15.3. The number of hydrogen-bond acceptors (Lipinski definition) is 5. The number of fused-ring (bicyclic) bond motifs is 4. The van der Waals surface area contributed by atoms with E-state index in [9.17, 15) is 5.41 Å². The Labute approximate surface area is 301 Å².